The lowest BCUT2D eigenvalue weighted by Gasteiger charge is -2.25. The second-order valence-corrected chi connectivity index (χ2v) is 19.0. The lowest BCUT2D eigenvalue weighted by Crippen LogP contribution is -2.54. The lowest BCUT2D eigenvalue weighted by atomic mass is 9.98. The van der Waals surface area contributed by atoms with Gasteiger partial charge in [0.1, 0.15) is 29.9 Å². The maximum Gasteiger partial charge on any atom is 0.407 e. The predicted octanol–water partition coefficient (Wildman–Crippen LogP) is 9.34. The van der Waals surface area contributed by atoms with Crippen molar-refractivity contribution in [3.63, 3.8) is 0 Å². The van der Waals surface area contributed by atoms with Gasteiger partial charge in [0.25, 0.3) is 0 Å². The number of carbonyl (C=O) groups excluding carboxylic acids is 6. The maximum atomic E-state index is 14.0. The second kappa shape index (κ2) is 28.1. The Morgan fingerprint density at radius 1 is 0.547 bits per heavy atom. The molecule has 2 atom stereocenters. The summed E-state index contributed by atoms with van der Waals surface area (Å²) in [6, 6.07) is 13.5. The molecule has 0 saturated carbocycles. The average molecular weight is 891 g/mol. The number of hydrogen-bond acceptors (Lipinski definition) is 9. The number of amides is 4. The van der Waals surface area contributed by atoms with Gasteiger partial charge in [-0.3, -0.25) is 24.0 Å². The van der Waals surface area contributed by atoms with Crippen LogP contribution >= 0.6 is 0 Å². The van der Waals surface area contributed by atoms with Crippen LogP contribution in [0.4, 0.5) is 4.79 Å². The van der Waals surface area contributed by atoms with Crippen molar-refractivity contribution in [2.45, 2.75) is 193 Å². The van der Waals surface area contributed by atoms with Crippen LogP contribution in [0.5, 0.6) is 0 Å². The fraction of sp³-hybridized carbons (Fsp3) is 0.647. The molecule has 0 aromatic heterocycles. The predicted molar refractivity (Wildman–Crippen MR) is 250 cm³/mol. The van der Waals surface area contributed by atoms with Gasteiger partial charge in [0.15, 0.2) is 0 Å². The van der Waals surface area contributed by atoms with Gasteiger partial charge in [-0.1, -0.05) is 120 Å². The SMILES string of the molecule is CCCCCCCCCCCC(=O)NCCCCCCNC(=O)C(CCC(=O)OC(C)(C)C)NC(=O)C(CCC(=O)OC(C)(C)C)NC(=O)OCC1c2ccccc2-c2ccccc21. The number of rotatable bonds is 29. The normalized spacial score (nSPS) is 13.2. The summed E-state index contributed by atoms with van der Waals surface area (Å²) < 4.78 is 16.7. The van der Waals surface area contributed by atoms with E-state index >= 15 is 0 Å². The minimum Gasteiger partial charge on any atom is -0.460 e. The molecule has 2 unspecified atom stereocenters. The number of unbranched alkanes of at least 4 members (excludes halogenated alkanes) is 11. The Hall–Kier alpha value is -4.94. The zero-order chi connectivity index (χ0) is 47.0. The molecule has 0 radical (unpaired) electrons. The van der Waals surface area contributed by atoms with Gasteiger partial charge in [-0.25, -0.2) is 4.79 Å². The fourth-order valence-corrected chi connectivity index (χ4v) is 7.75. The first-order valence-electron chi connectivity index (χ1n) is 23.9. The highest BCUT2D eigenvalue weighted by atomic mass is 16.6. The molecule has 4 amide bonds. The first kappa shape index (κ1) is 53.4. The number of nitrogens with one attached hydrogen (secondary N) is 4. The van der Waals surface area contributed by atoms with E-state index in [1.807, 2.05) is 48.5 Å². The van der Waals surface area contributed by atoms with Crippen molar-refractivity contribution in [1.82, 2.24) is 21.3 Å². The second-order valence-electron chi connectivity index (χ2n) is 19.0. The number of carbonyl (C=O) groups is 6. The first-order chi connectivity index (χ1) is 30.5. The summed E-state index contributed by atoms with van der Waals surface area (Å²) in [5.41, 5.74) is 2.68. The van der Waals surface area contributed by atoms with E-state index in [4.69, 9.17) is 14.2 Å². The molecule has 1 aliphatic rings. The third-order valence-electron chi connectivity index (χ3n) is 10.9. The topological polar surface area (TPSA) is 178 Å². The van der Waals surface area contributed by atoms with Crippen molar-refractivity contribution in [2.75, 3.05) is 19.7 Å². The van der Waals surface area contributed by atoms with Gasteiger partial charge in [-0.2, -0.15) is 0 Å². The molecule has 0 spiro atoms. The van der Waals surface area contributed by atoms with E-state index < -0.39 is 53.1 Å². The number of benzene rings is 2. The largest absolute Gasteiger partial charge is 0.460 e. The lowest BCUT2D eigenvalue weighted by molar-refractivity contribution is -0.156. The molecule has 13 heteroatoms. The molecule has 1 aliphatic carbocycles. The maximum absolute atomic E-state index is 14.0. The summed E-state index contributed by atoms with van der Waals surface area (Å²) in [6.07, 6.45) is 13.3. The van der Waals surface area contributed by atoms with E-state index in [2.05, 4.69) is 28.2 Å². The van der Waals surface area contributed by atoms with Crippen LogP contribution in [0, 0.1) is 0 Å². The van der Waals surface area contributed by atoms with Gasteiger partial charge in [0.05, 0.1) is 0 Å². The van der Waals surface area contributed by atoms with Crippen molar-refractivity contribution in [3.05, 3.63) is 59.7 Å². The van der Waals surface area contributed by atoms with Crippen molar-refractivity contribution >= 4 is 35.8 Å². The minimum atomic E-state index is -1.27. The summed E-state index contributed by atoms with van der Waals surface area (Å²) in [4.78, 5) is 78.7. The molecule has 4 N–H and O–H groups in total. The molecule has 64 heavy (non-hydrogen) atoms. The molecule has 0 fully saturated rings. The van der Waals surface area contributed by atoms with Crippen LogP contribution in [0.25, 0.3) is 11.1 Å². The molecular formula is C51H78N4O9. The average Bonchev–Trinajstić information content (AvgIpc) is 3.55. The number of alkyl carbamates (subject to hydrolysis) is 1. The molecule has 0 aliphatic heterocycles. The summed E-state index contributed by atoms with van der Waals surface area (Å²) in [5.74, 6) is -2.43. The Morgan fingerprint density at radius 2 is 1.00 bits per heavy atom. The van der Waals surface area contributed by atoms with Gasteiger partial charge in [0, 0.05) is 38.3 Å². The molecule has 13 nitrogen and oxygen atoms in total. The van der Waals surface area contributed by atoms with E-state index in [1.54, 1.807) is 41.5 Å². The van der Waals surface area contributed by atoms with Crippen LogP contribution in [0.3, 0.4) is 0 Å². The zero-order valence-electron chi connectivity index (χ0n) is 39.9. The molecule has 356 valence electrons. The highest BCUT2D eigenvalue weighted by molar-refractivity contribution is 5.92. The Morgan fingerprint density at radius 3 is 1.52 bits per heavy atom. The first-order valence-corrected chi connectivity index (χ1v) is 23.9. The quantitative estimate of drug-likeness (QED) is 0.0352. The van der Waals surface area contributed by atoms with Crippen molar-refractivity contribution in [3.8, 4) is 11.1 Å². The zero-order valence-corrected chi connectivity index (χ0v) is 39.9. The molecule has 2 aromatic rings. The molecule has 0 saturated heterocycles. The van der Waals surface area contributed by atoms with Gasteiger partial charge < -0.3 is 35.5 Å². The van der Waals surface area contributed by atoms with Crippen LogP contribution in [0.2, 0.25) is 0 Å². The standard InChI is InChI=1S/C51H78N4O9/c1-8-9-10-11-12-13-14-15-18-29-44(56)52-34-23-16-17-24-35-53-47(59)42(30-32-45(57)63-50(2,3)4)54-48(60)43(31-33-46(58)64-51(5,6)7)55-49(61)62-36-41-39-27-21-19-25-37(39)38-26-20-22-28-40(38)41/h19-22,25-28,41-43H,8-18,23-24,29-36H2,1-7H3,(H,52,56)(H,53,59)(H,54,60)(H,55,61). The Kier molecular flexibility index (Phi) is 23.4. The number of fused-ring (bicyclic) bond motifs is 3. The summed E-state index contributed by atoms with van der Waals surface area (Å²) >= 11 is 0. The Labute approximate surface area is 382 Å². The minimum absolute atomic E-state index is 0.00915. The van der Waals surface area contributed by atoms with E-state index in [-0.39, 0.29) is 44.1 Å². The van der Waals surface area contributed by atoms with Crippen LogP contribution in [-0.4, -0.2) is 78.7 Å². The molecule has 2 aromatic carbocycles. The van der Waals surface area contributed by atoms with Crippen LogP contribution in [-0.2, 0) is 38.2 Å². The molecule has 3 rings (SSSR count). The summed E-state index contributed by atoms with van der Waals surface area (Å²) in [5, 5.41) is 11.2. The van der Waals surface area contributed by atoms with Crippen molar-refractivity contribution in [2.24, 2.45) is 0 Å². The Bertz CT molecular complexity index is 1740. The van der Waals surface area contributed by atoms with Crippen LogP contribution in [0.15, 0.2) is 48.5 Å². The highest BCUT2D eigenvalue weighted by Gasteiger charge is 2.32. The van der Waals surface area contributed by atoms with Gasteiger partial charge >= 0.3 is 18.0 Å². The summed E-state index contributed by atoms with van der Waals surface area (Å²) in [6.45, 7) is 13.6. The number of esters is 2. The Balaban J connectivity index is 1.54. The number of hydrogen-bond donors (Lipinski definition) is 4. The van der Waals surface area contributed by atoms with E-state index in [1.165, 1.54) is 44.9 Å². The van der Waals surface area contributed by atoms with E-state index in [0.29, 0.717) is 25.9 Å². The molecule has 0 bridgehead atoms. The van der Waals surface area contributed by atoms with Crippen LogP contribution in [0.1, 0.15) is 181 Å². The smallest absolute Gasteiger partial charge is 0.407 e. The summed E-state index contributed by atoms with van der Waals surface area (Å²) in [7, 11) is 0. The highest BCUT2D eigenvalue weighted by Crippen LogP contribution is 2.44. The van der Waals surface area contributed by atoms with Gasteiger partial charge in [-0.05, 0) is 95.9 Å². The monoisotopic (exact) mass is 891 g/mol. The third kappa shape index (κ3) is 21.2. The molecular weight excluding hydrogens is 813 g/mol. The molecule has 0 heterocycles. The third-order valence-corrected chi connectivity index (χ3v) is 10.9. The van der Waals surface area contributed by atoms with Gasteiger partial charge in [-0.15, -0.1) is 0 Å². The van der Waals surface area contributed by atoms with E-state index in [9.17, 15) is 28.8 Å². The van der Waals surface area contributed by atoms with Crippen LogP contribution < -0.4 is 21.3 Å². The van der Waals surface area contributed by atoms with Crippen molar-refractivity contribution in [1.29, 1.82) is 0 Å². The van der Waals surface area contributed by atoms with E-state index in [0.717, 1.165) is 54.4 Å². The number of ether oxygens (including phenoxy) is 3. The fourth-order valence-electron chi connectivity index (χ4n) is 7.75. The van der Waals surface area contributed by atoms with Crippen molar-refractivity contribution < 1.29 is 43.0 Å². The van der Waals surface area contributed by atoms with Gasteiger partial charge in [0.2, 0.25) is 17.7 Å².